The maximum atomic E-state index is 12.1. The lowest BCUT2D eigenvalue weighted by molar-refractivity contribution is -0.384. The Hall–Kier alpha value is -4.35. The van der Waals surface area contributed by atoms with E-state index in [4.69, 9.17) is 14.2 Å². The first-order chi connectivity index (χ1) is 16.3. The second-order valence-corrected chi connectivity index (χ2v) is 7.12. The maximum Gasteiger partial charge on any atom is 0.514 e. The average Bonchev–Trinajstić information content (AvgIpc) is 3.18. The van der Waals surface area contributed by atoms with E-state index in [0.29, 0.717) is 47.8 Å². The summed E-state index contributed by atoms with van der Waals surface area (Å²) in [7, 11) is 1.64. The van der Waals surface area contributed by atoms with Crippen LogP contribution in [0.4, 0.5) is 10.5 Å². The zero-order valence-corrected chi connectivity index (χ0v) is 18.9. The van der Waals surface area contributed by atoms with E-state index in [0.717, 1.165) is 0 Å². The summed E-state index contributed by atoms with van der Waals surface area (Å²) in [5.41, 5.74) is 1.79. The lowest BCUT2D eigenvalue weighted by atomic mass is 10.2. The van der Waals surface area contributed by atoms with E-state index < -0.39 is 11.1 Å². The van der Waals surface area contributed by atoms with E-state index in [1.165, 1.54) is 28.9 Å². The smallest absolute Gasteiger partial charge is 0.427 e. The Morgan fingerprint density at radius 2 is 1.82 bits per heavy atom. The van der Waals surface area contributed by atoms with Crippen molar-refractivity contribution >= 4 is 17.8 Å². The third kappa shape index (κ3) is 5.91. The number of benzene rings is 1. The number of pyridine rings is 1. The molecule has 0 radical (unpaired) electrons. The Kier molecular flexibility index (Phi) is 7.85. The number of aromatic nitrogens is 4. The van der Waals surface area contributed by atoms with Gasteiger partial charge in [0.1, 0.15) is 23.7 Å². The molecule has 0 bridgehead atoms. The second-order valence-electron chi connectivity index (χ2n) is 7.12. The molecule has 2 heterocycles. The number of rotatable bonds is 9. The molecule has 3 aromatic rings. The molecule has 12 nitrogen and oxygen atoms in total. The molecule has 0 unspecified atom stereocenters. The highest BCUT2D eigenvalue weighted by Crippen LogP contribution is 2.26. The average molecular weight is 469 g/mol. The third-order valence-electron chi connectivity index (χ3n) is 4.71. The molecule has 0 saturated carbocycles. The SMILES string of the molecule is CCCC(=O)Oc1ccc(-c2nnn(C)c2COC(=O)Oc2ccc([N+](=O)[O-])cc2)nc1CC. The molecule has 0 spiro atoms. The van der Waals surface area contributed by atoms with Gasteiger partial charge in [-0.05, 0) is 37.1 Å². The summed E-state index contributed by atoms with van der Waals surface area (Å²) in [5.74, 6) is 0.159. The van der Waals surface area contributed by atoms with Gasteiger partial charge in [0.15, 0.2) is 5.75 Å². The lowest BCUT2D eigenvalue weighted by Gasteiger charge is -2.10. The van der Waals surface area contributed by atoms with Crippen LogP contribution in [0.1, 0.15) is 38.1 Å². The van der Waals surface area contributed by atoms with Crippen LogP contribution in [0.25, 0.3) is 11.4 Å². The zero-order chi connectivity index (χ0) is 24.7. The fourth-order valence-corrected chi connectivity index (χ4v) is 2.97. The number of non-ortho nitro benzene ring substituents is 1. The van der Waals surface area contributed by atoms with Crippen LogP contribution in [-0.2, 0) is 29.6 Å². The minimum atomic E-state index is -0.999. The first-order valence-electron chi connectivity index (χ1n) is 10.5. The topological polar surface area (TPSA) is 149 Å². The van der Waals surface area contributed by atoms with Gasteiger partial charge >= 0.3 is 12.1 Å². The lowest BCUT2D eigenvalue weighted by Crippen LogP contribution is -2.13. The van der Waals surface area contributed by atoms with Gasteiger partial charge in [-0.1, -0.05) is 19.1 Å². The van der Waals surface area contributed by atoms with Gasteiger partial charge in [-0.3, -0.25) is 14.9 Å². The van der Waals surface area contributed by atoms with E-state index in [2.05, 4.69) is 15.3 Å². The molecule has 0 amide bonds. The fraction of sp³-hybridized carbons (Fsp3) is 0.318. The summed E-state index contributed by atoms with van der Waals surface area (Å²) in [6, 6.07) is 8.31. The number of carbonyl (C=O) groups excluding carboxylic acids is 2. The summed E-state index contributed by atoms with van der Waals surface area (Å²) in [4.78, 5) is 38.7. The monoisotopic (exact) mass is 469 g/mol. The molecular weight excluding hydrogens is 446 g/mol. The van der Waals surface area contributed by atoms with Crippen LogP contribution in [-0.4, -0.2) is 37.0 Å². The number of aryl methyl sites for hydroxylation is 2. The normalized spacial score (nSPS) is 10.6. The number of nitro groups is 1. The van der Waals surface area contributed by atoms with Gasteiger partial charge in [0.05, 0.1) is 16.3 Å². The molecule has 2 aromatic heterocycles. The molecule has 1 aromatic carbocycles. The van der Waals surface area contributed by atoms with Crippen molar-refractivity contribution in [1.82, 2.24) is 20.0 Å². The zero-order valence-electron chi connectivity index (χ0n) is 18.9. The predicted octanol–water partition coefficient (Wildman–Crippen LogP) is 3.77. The van der Waals surface area contributed by atoms with Gasteiger partial charge in [0.25, 0.3) is 5.69 Å². The Morgan fingerprint density at radius 1 is 1.09 bits per heavy atom. The van der Waals surface area contributed by atoms with E-state index in [9.17, 15) is 19.7 Å². The predicted molar refractivity (Wildman–Crippen MR) is 118 cm³/mol. The van der Waals surface area contributed by atoms with E-state index in [-0.39, 0.29) is 24.0 Å². The Bertz CT molecular complexity index is 1190. The van der Waals surface area contributed by atoms with Gasteiger partial charge in [0, 0.05) is 25.6 Å². The van der Waals surface area contributed by atoms with Gasteiger partial charge in [0.2, 0.25) is 0 Å². The van der Waals surface area contributed by atoms with Crippen molar-refractivity contribution in [2.24, 2.45) is 7.05 Å². The third-order valence-corrected chi connectivity index (χ3v) is 4.71. The highest BCUT2D eigenvalue weighted by Gasteiger charge is 2.19. The number of nitro benzene ring substituents is 1. The first kappa shape index (κ1) is 24.3. The van der Waals surface area contributed by atoms with E-state index >= 15 is 0 Å². The minimum Gasteiger partial charge on any atom is -0.427 e. The molecule has 12 heteroatoms. The Balaban J connectivity index is 1.71. The van der Waals surface area contributed by atoms with E-state index in [1.807, 2.05) is 13.8 Å². The molecule has 0 fully saturated rings. The van der Waals surface area contributed by atoms with Crippen LogP contribution in [0.3, 0.4) is 0 Å². The molecule has 0 atom stereocenters. The van der Waals surface area contributed by atoms with Crippen LogP contribution < -0.4 is 9.47 Å². The van der Waals surface area contributed by atoms with Gasteiger partial charge in [-0.2, -0.15) is 0 Å². The minimum absolute atomic E-state index is 0.0985. The van der Waals surface area contributed by atoms with Crippen molar-refractivity contribution in [2.75, 3.05) is 0 Å². The molecule has 3 rings (SSSR count). The largest absolute Gasteiger partial charge is 0.514 e. The van der Waals surface area contributed by atoms with Gasteiger partial charge in [-0.25, -0.2) is 14.5 Å². The summed E-state index contributed by atoms with van der Waals surface area (Å²) in [6.45, 7) is 3.57. The fourth-order valence-electron chi connectivity index (χ4n) is 2.97. The van der Waals surface area contributed by atoms with Crippen molar-refractivity contribution in [2.45, 2.75) is 39.7 Å². The van der Waals surface area contributed by atoms with Crippen LogP contribution in [0, 0.1) is 10.1 Å². The number of nitrogens with zero attached hydrogens (tertiary/aromatic N) is 5. The molecule has 34 heavy (non-hydrogen) atoms. The van der Waals surface area contributed by atoms with Crippen LogP contribution >= 0.6 is 0 Å². The molecule has 0 aliphatic carbocycles. The molecule has 178 valence electrons. The van der Waals surface area contributed by atoms with Gasteiger partial charge < -0.3 is 14.2 Å². The maximum absolute atomic E-state index is 12.1. The second kappa shape index (κ2) is 11.0. The number of hydrogen-bond donors (Lipinski definition) is 0. The molecule has 0 aliphatic heterocycles. The standard InChI is InChI=1S/C22H23N5O7/c1-4-6-20(28)34-19-12-11-17(23-16(19)5-2)21-18(26(3)25-24-21)13-32-22(29)33-15-9-7-14(8-10-15)27(30)31/h7-12H,4-6,13H2,1-3H3. The first-order valence-corrected chi connectivity index (χ1v) is 10.5. The van der Waals surface area contributed by atoms with Crippen LogP contribution in [0.2, 0.25) is 0 Å². The molecule has 0 aliphatic rings. The van der Waals surface area contributed by atoms with Gasteiger partial charge in [-0.15, -0.1) is 5.10 Å². The van der Waals surface area contributed by atoms with E-state index in [1.54, 1.807) is 19.2 Å². The summed E-state index contributed by atoms with van der Waals surface area (Å²) < 4.78 is 17.1. The quantitative estimate of drug-likeness (QED) is 0.196. The van der Waals surface area contributed by atoms with Crippen molar-refractivity contribution < 1.29 is 28.7 Å². The number of carbonyl (C=O) groups is 2. The van der Waals surface area contributed by atoms with Crippen LogP contribution in [0.5, 0.6) is 11.5 Å². The number of esters is 1. The highest BCUT2D eigenvalue weighted by atomic mass is 16.7. The molecular formula is C22H23N5O7. The van der Waals surface area contributed by atoms with Crippen molar-refractivity contribution in [1.29, 1.82) is 0 Å². The highest BCUT2D eigenvalue weighted by molar-refractivity contribution is 5.73. The summed E-state index contributed by atoms with van der Waals surface area (Å²) in [5, 5.41) is 18.8. The van der Waals surface area contributed by atoms with Crippen LogP contribution in [0.15, 0.2) is 36.4 Å². The van der Waals surface area contributed by atoms with Crippen molar-refractivity contribution in [3.8, 4) is 22.9 Å². The summed E-state index contributed by atoms with van der Waals surface area (Å²) in [6.07, 6.45) is 0.519. The number of hydrogen-bond acceptors (Lipinski definition) is 10. The number of ether oxygens (including phenoxy) is 3. The Morgan fingerprint density at radius 3 is 2.47 bits per heavy atom. The van der Waals surface area contributed by atoms with Crippen molar-refractivity contribution in [3.63, 3.8) is 0 Å². The summed E-state index contributed by atoms with van der Waals surface area (Å²) >= 11 is 0. The molecule has 0 N–H and O–H groups in total. The Labute approximate surface area is 194 Å². The van der Waals surface area contributed by atoms with Crippen molar-refractivity contribution in [3.05, 3.63) is 57.9 Å². The molecule has 0 saturated heterocycles.